The third-order valence-electron chi connectivity index (χ3n) is 3.38. The molecule has 0 fully saturated rings. The molecule has 0 saturated heterocycles. The van der Waals surface area contributed by atoms with Crippen LogP contribution in [0.5, 0.6) is 0 Å². The zero-order valence-electron chi connectivity index (χ0n) is 10.9. The Morgan fingerprint density at radius 1 is 1.17 bits per heavy atom. The van der Waals surface area contributed by atoms with E-state index >= 15 is 0 Å². The maximum atomic E-state index is 4.49. The number of aryl methyl sites for hydroxylation is 3. The average Bonchev–Trinajstić information content (AvgIpc) is 2.63. The first-order chi connectivity index (χ1) is 8.68. The number of nitrogens with zero attached hydrogens (tertiary/aromatic N) is 3. The Hall–Kier alpha value is -2.16. The van der Waals surface area contributed by atoms with Crippen molar-refractivity contribution >= 4 is 11.0 Å². The molecule has 3 aromatic rings. The van der Waals surface area contributed by atoms with E-state index in [0.29, 0.717) is 0 Å². The monoisotopic (exact) mass is 238 g/mol. The minimum Gasteiger partial charge on any atom is -0.248 e. The molecule has 0 bridgehead atoms. The number of benzene rings is 1. The summed E-state index contributed by atoms with van der Waals surface area (Å²) in [5.74, 6) is 1.12. The van der Waals surface area contributed by atoms with E-state index in [-0.39, 0.29) is 0 Å². The quantitative estimate of drug-likeness (QED) is 0.596. The van der Waals surface area contributed by atoms with Gasteiger partial charge in [-0.05, 0) is 36.8 Å². The second-order valence-corrected chi connectivity index (χ2v) is 4.65. The maximum absolute atomic E-state index is 4.49. The van der Waals surface area contributed by atoms with Crippen LogP contribution in [0.25, 0.3) is 22.6 Å². The molecule has 0 amide bonds. The largest absolute Gasteiger partial charge is 0.308 e. The van der Waals surface area contributed by atoms with Crippen LogP contribution in [0.2, 0.25) is 0 Å². The summed E-state index contributed by atoms with van der Waals surface area (Å²) in [5, 5.41) is 0. The SMILES string of the molecule is Cc1ccnc(-c2n(C)c3ccccc3[n+]2C)c1. The van der Waals surface area contributed by atoms with Gasteiger partial charge in [-0.15, -0.1) is 0 Å². The summed E-state index contributed by atoms with van der Waals surface area (Å²) in [6.45, 7) is 2.09. The summed E-state index contributed by atoms with van der Waals surface area (Å²) >= 11 is 0. The van der Waals surface area contributed by atoms with Crippen LogP contribution in [-0.4, -0.2) is 9.55 Å². The Morgan fingerprint density at radius 3 is 2.67 bits per heavy atom. The predicted octanol–water partition coefficient (Wildman–Crippen LogP) is 2.37. The van der Waals surface area contributed by atoms with Crippen molar-refractivity contribution in [2.24, 2.45) is 14.1 Å². The fraction of sp³-hybridized carbons (Fsp3) is 0.200. The highest BCUT2D eigenvalue weighted by molar-refractivity contribution is 5.75. The lowest BCUT2D eigenvalue weighted by Crippen LogP contribution is -2.30. The number of hydrogen-bond donors (Lipinski definition) is 0. The van der Waals surface area contributed by atoms with Gasteiger partial charge in [0, 0.05) is 6.20 Å². The molecule has 1 aromatic carbocycles. The van der Waals surface area contributed by atoms with Gasteiger partial charge in [0.1, 0.15) is 0 Å². The highest BCUT2D eigenvalue weighted by Gasteiger charge is 2.22. The average molecular weight is 238 g/mol. The van der Waals surface area contributed by atoms with E-state index in [1.165, 1.54) is 16.6 Å². The van der Waals surface area contributed by atoms with E-state index in [2.05, 4.69) is 65.5 Å². The van der Waals surface area contributed by atoms with Gasteiger partial charge in [-0.2, -0.15) is 0 Å². The number of rotatable bonds is 1. The van der Waals surface area contributed by atoms with E-state index < -0.39 is 0 Å². The zero-order chi connectivity index (χ0) is 12.7. The molecule has 0 spiro atoms. The second-order valence-electron chi connectivity index (χ2n) is 4.65. The molecule has 0 saturated carbocycles. The molecule has 18 heavy (non-hydrogen) atoms. The summed E-state index contributed by atoms with van der Waals surface area (Å²) in [4.78, 5) is 4.49. The minimum absolute atomic E-state index is 1.01. The standard InChI is InChI=1S/C15H16N3/c1-11-8-9-16-12(10-11)15-17(2)13-6-4-5-7-14(13)18(15)3/h4-10H,1-3H3/q+1. The lowest BCUT2D eigenvalue weighted by atomic mass is 10.2. The molecule has 0 aliphatic heterocycles. The van der Waals surface area contributed by atoms with Gasteiger partial charge in [-0.3, -0.25) is 0 Å². The van der Waals surface area contributed by atoms with E-state index in [0.717, 1.165) is 11.5 Å². The molecule has 0 unspecified atom stereocenters. The maximum Gasteiger partial charge on any atom is 0.308 e. The van der Waals surface area contributed by atoms with Crippen LogP contribution in [0.4, 0.5) is 0 Å². The lowest BCUT2D eigenvalue weighted by Gasteiger charge is -1.99. The van der Waals surface area contributed by atoms with Crippen molar-refractivity contribution in [2.75, 3.05) is 0 Å². The van der Waals surface area contributed by atoms with Crippen LogP contribution in [-0.2, 0) is 14.1 Å². The van der Waals surface area contributed by atoms with E-state index in [1.807, 2.05) is 12.3 Å². The molecule has 0 aliphatic carbocycles. The molecule has 3 nitrogen and oxygen atoms in total. The molecule has 0 radical (unpaired) electrons. The van der Waals surface area contributed by atoms with E-state index in [9.17, 15) is 0 Å². The van der Waals surface area contributed by atoms with Crippen molar-refractivity contribution < 1.29 is 4.57 Å². The predicted molar refractivity (Wildman–Crippen MR) is 72.1 cm³/mol. The van der Waals surface area contributed by atoms with Crippen molar-refractivity contribution in [3.05, 3.63) is 48.2 Å². The first-order valence-electron chi connectivity index (χ1n) is 6.05. The first-order valence-corrected chi connectivity index (χ1v) is 6.05. The molecule has 0 N–H and O–H groups in total. The molecular weight excluding hydrogens is 222 g/mol. The third-order valence-corrected chi connectivity index (χ3v) is 3.38. The van der Waals surface area contributed by atoms with Gasteiger partial charge in [0.15, 0.2) is 16.7 Å². The third kappa shape index (κ3) is 1.51. The van der Waals surface area contributed by atoms with Crippen LogP contribution in [0.1, 0.15) is 5.56 Å². The Balaban J connectivity index is 2.36. The first kappa shape index (κ1) is 11.0. The molecule has 0 atom stereocenters. The molecule has 0 aliphatic rings. The number of para-hydroxylation sites is 2. The molecule has 3 heteroatoms. The fourth-order valence-electron chi connectivity index (χ4n) is 2.49. The fourth-order valence-corrected chi connectivity index (χ4v) is 2.49. The van der Waals surface area contributed by atoms with Gasteiger partial charge in [-0.25, -0.2) is 14.1 Å². The zero-order valence-corrected chi connectivity index (χ0v) is 10.9. The van der Waals surface area contributed by atoms with E-state index in [1.54, 1.807) is 0 Å². The molecule has 90 valence electrons. The highest BCUT2D eigenvalue weighted by atomic mass is 15.2. The topological polar surface area (TPSA) is 21.7 Å². The number of fused-ring (bicyclic) bond motifs is 1. The highest BCUT2D eigenvalue weighted by Crippen LogP contribution is 2.20. The number of imidazole rings is 1. The number of aromatic nitrogens is 3. The Bertz CT molecular complexity index is 687. The van der Waals surface area contributed by atoms with Gasteiger partial charge >= 0.3 is 5.82 Å². The van der Waals surface area contributed by atoms with Crippen molar-refractivity contribution in [2.45, 2.75) is 6.92 Å². The van der Waals surface area contributed by atoms with Crippen molar-refractivity contribution in [1.29, 1.82) is 0 Å². The summed E-state index contributed by atoms with van der Waals surface area (Å²) < 4.78 is 4.38. The van der Waals surface area contributed by atoms with Gasteiger partial charge in [0.05, 0.1) is 14.1 Å². The Labute approximate surface area is 106 Å². The number of hydrogen-bond acceptors (Lipinski definition) is 1. The normalized spacial score (nSPS) is 11.1. The van der Waals surface area contributed by atoms with Crippen LogP contribution in [0.3, 0.4) is 0 Å². The van der Waals surface area contributed by atoms with Gasteiger partial charge in [0.25, 0.3) is 0 Å². The summed E-state index contributed by atoms with van der Waals surface area (Å²) in [6.07, 6.45) is 1.86. The summed E-state index contributed by atoms with van der Waals surface area (Å²) in [6, 6.07) is 12.5. The molecule has 2 aromatic heterocycles. The molecule has 2 heterocycles. The Kier molecular flexibility index (Phi) is 2.40. The molecule has 3 rings (SSSR count). The molecular formula is C15H16N3+. The smallest absolute Gasteiger partial charge is 0.248 e. The Morgan fingerprint density at radius 2 is 1.94 bits per heavy atom. The lowest BCUT2D eigenvalue weighted by molar-refractivity contribution is -0.634. The van der Waals surface area contributed by atoms with Gasteiger partial charge in [-0.1, -0.05) is 12.1 Å². The van der Waals surface area contributed by atoms with Gasteiger partial charge in [0.2, 0.25) is 0 Å². The summed E-state index contributed by atoms with van der Waals surface area (Å²) in [7, 11) is 4.17. The number of pyridine rings is 1. The van der Waals surface area contributed by atoms with Crippen LogP contribution in [0, 0.1) is 6.92 Å². The second kappa shape index (κ2) is 3.95. The van der Waals surface area contributed by atoms with Crippen molar-refractivity contribution in [1.82, 2.24) is 9.55 Å². The van der Waals surface area contributed by atoms with Crippen molar-refractivity contribution in [3.63, 3.8) is 0 Å². The van der Waals surface area contributed by atoms with Gasteiger partial charge < -0.3 is 0 Å². The van der Waals surface area contributed by atoms with Crippen LogP contribution < -0.4 is 4.57 Å². The van der Waals surface area contributed by atoms with Crippen LogP contribution in [0.15, 0.2) is 42.6 Å². The minimum atomic E-state index is 1.01. The van der Waals surface area contributed by atoms with Crippen LogP contribution >= 0.6 is 0 Å². The van der Waals surface area contributed by atoms with Crippen molar-refractivity contribution in [3.8, 4) is 11.5 Å². The summed E-state index contributed by atoms with van der Waals surface area (Å²) in [5.41, 5.74) is 4.68. The van der Waals surface area contributed by atoms with E-state index in [4.69, 9.17) is 0 Å².